The van der Waals surface area contributed by atoms with Crippen LogP contribution in [0.4, 0.5) is 16.0 Å². The van der Waals surface area contributed by atoms with Gasteiger partial charge in [0.25, 0.3) is 5.91 Å². The molecule has 3 rings (SSSR count). The molecule has 2 heterocycles. The fourth-order valence-corrected chi connectivity index (χ4v) is 3.48. The second-order valence-electron chi connectivity index (χ2n) is 5.06. The smallest absolute Gasteiger partial charge is 0.326 e. The van der Waals surface area contributed by atoms with Crippen LogP contribution < -0.4 is 14.3 Å². The monoisotopic (exact) mass is 366 g/mol. The molecule has 0 radical (unpaired) electrons. The highest BCUT2D eigenvalue weighted by Crippen LogP contribution is 2.37. The summed E-state index contributed by atoms with van der Waals surface area (Å²) in [6.45, 7) is -0.413. The Morgan fingerprint density at radius 3 is 2.92 bits per heavy atom. The predicted octanol–water partition coefficient (Wildman–Crippen LogP) is -0.0189. The first-order chi connectivity index (χ1) is 11.8. The van der Waals surface area contributed by atoms with Gasteiger partial charge in [0.15, 0.2) is 5.82 Å². The van der Waals surface area contributed by atoms with Crippen molar-refractivity contribution in [3.63, 3.8) is 0 Å². The second kappa shape index (κ2) is 6.02. The minimum Gasteiger partial charge on any atom is -0.506 e. The Balaban J connectivity index is 2.11. The van der Waals surface area contributed by atoms with Crippen molar-refractivity contribution < 1.29 is 22.7 Å². The Hall–Kier alpha value is -3.20. The Morgan fingerprint density at radius 1 is 1.52 bits per heavy atom. The molecule has 1 amide bonds. The number of benzene rings is 1. The first-order valence-corrected chi connectivity index (χ1v) is 8.40. The number of carbonyl (C=O) groups is 1. The van der Waals surface area contributed by atoms with Crippen molar-refractivity contribution in [2.75, 3.05) is 22.7 Å². The molecule has 25 heavy (non-hydrogen) atoms. The normalized spacial score (nSPS) is 15.8. The van der Waals surface area contributed by atoms with E-state index in [0.717, 1.165) is 6.07 Å². The molecule has 1 aromatic carbocycles. The zero-order valence-electron chi connectivity index (χ0n) is 12.5. The quantitative estimate of drug-likeness (QED) is 0.639. The Bertz CT molecular complexity index is 1020. The number of nitrogens with zero attached hydrogens (tertiary/aromatic N) is 4. The number of anilines is 2. The Kier molecular flexibility index (Phi) is 4.01. The van der Waals surface area contributed by atoms with Gasteiger partial charge in [-0.1, -0.05) is 0 Å². The lowest BCUT2D eigenvalue weighted by Gasteiger charge is -2.17. The summed E-state index contributed by atoms with van der Waals surface area (Å²) >= 11 is 0. The standard InChI is InChI=1S/C13H11FN6O4S/c14-10-11-7(5-17-13(18-11)16-3-1-2-15)4-8(21)12(10)20-6-9(22)19-25(20,23)24/h4-5,21H,1,3,6H2,(H,19,22)(H,16,17,18). The van der Waals surface area contributed by atoms with Gasteiger partial charge in [0, 0.05) is 18.1 Å². The van der Waals surface area contributed by atoms with Crippen LogP contribution in [0.3, 0.4) is 0 Å². The van der Waals surface area contributed by atoms with Crippen molar-refractivity contribution in [1.29, 1.82) is 5.26 Å². The first kappa shape index (κ1) is 16.7. The Morgan fingerprint density at radius 2 is 2.28 bits per heavy atom. The van der Waals surface area contributed by atoms with E-state index in [-0.39, 0.29) is 29.8 Å². The van der Waals surface area contributed by atoms with Crippen LogP contribution in [-0.2, 0) is 15.0 Å². The number of hydrogen-bond acceptors (Lipinski definition) is 8. The SMILES string of the molecule is N#CCCNc1ncc2cc(O)c(N3CC(=O)NS3(=O)=O)c(F)c2n1. The molecule has 1 saturated heterocycles. The fourth-order valence-electron chi connectivity index (χ4n) is 2.31. The largest absolute Gasteiger partial charge is 0.506 e. The lowest BCUT2D eigenvalue weighted by Crippen LogP contribution is -2.30. The number of aromatic nitrogens is 2. The van der Waals surface area contributed by atoms with Gasteiger partial charge in [0.05, 0.1) is 12.5 Å². The van der Waals surface area contributed by atoms with E-state index in [0.29, 0.717) is 4.31 Å². The van der Waals surface area contributed by atoms with Gasteiger partial charge in [-0.05, 0) is 6.07 Å². The Labute approximate surface area is 141 Å². The zero-order chi connectivity index (χ0) is 18.2. The molecule has 10 nitrogen and oxygen atoms in total. The molecule has 0 aliphatic carbocycles. The summed E-state index contributed by atoms with van der Waals surface area (Å²) in [6, 6.07) is 3.02. The second-order valence-corrected chi connectivity index (χ2v) is 6.66. The van der Waals surface area contributed by atoms with Crippen molar-refractivity contribution in [3.8, 4) is 11.8 Å². The highest BCUT2D eigenvalue weighted by Gasteiger charge is 2.38. The summed E-state index contributed by atoms with van der Waals surface area (Å²) in [4.78, 5) is 19.2. The van der Waals surface area contributed by atoms with Crippen LogP contribution in [0, 0.1) is 17.1 Å². The maximum atomic E-state index is 14.8. The maximum Gasteiger partial charge on any atom is 0.326 e. The summed E-state index contributed by atoms with van der Waals surface area (Å²) in [5, 5.41) is 21.4. The molecule has 1 aliphatic heterocycles. The van der Waals surface area contributed by atoms with Crippen molar-refractivity contribution in [2.24, 2.45) is 0 Å². The fraction of sp³-hybridized carbons (Fsp3) is 0.231. The number of fused-ring (bicyclic) bond motifs is 1. The molecule has 1 aromatic heterocycles. The van der Waals surface area contributed by atoms with Crippen molar-refractivity contribution in [1.82, 2.24) is 14.7 Å². The number of halogens is 1. The minimum absolute atomic E-state index is 0.0387. The summed E-state index contributed by atoms with van der Waals surface area (Å²) in [6.07, 6.45) is 1.43. The third kappa shape index (κ3) is 2.96. The minimum atomic E-state index is -4.29. The lowest BCUT2D eigenvalue weighted by molar-refractivity contribution is -0.117. The van der Waals surface area contributed by atoms with Crippen LogP contribution in [0.15, 0.2) is 12.3 Å². The zero-order valence-corrected chi connectivity index (χ0v) is 13.3. The number of carbonyl (C=O) groups excluding carboxylic acids is 1. The van der Waals surface area contributed by atoms with Gasteiger partial charge in [0.1, 0.15) is 23.5 Å². The predicted molar refractivity (Wildman–Crippen MR) is 84.3 cm³/mol. The molecule has 1 aliphatic rings. The summed E-state index contributed by atoms with van der Waals surface area (Å²) in [5.41, 5.74) is -0.913. The van der Waals surface area contributed by atoms with E-state index in [4.69, 9.17) is 5.26 Å². The number of phenols is 1. The van der Waals surface area contributed by atoms with Crippen LogP contribution in [-0.4, -0.2) is 42.5 Å². The number of hydrogen-bond donors (Lipinski definition) is 3. The number of nitrogens with one attached hydrogen (secondary N) is 2. The van der Waals surface area contributed by atoms with Crippen LogP contribution in [0.1, 0.15) is 6.42 Å². The first-order valence-electron chi connectivity index (χ1n) is 6.96. The molecule has 0 atom stereocenters. The lowest BCUT2D eigenvalue weighted by atomic mass is 10.2. The van der Waals surface area contributed by atoms with E-state index < -0.39 is 39.9 Å². The highest BCUT2D eigenvalue weighted by atomic mass is 32.2. The molecule has 12 heteroatoms. The molecule has 2 aromatic rings. The van der Waals surface area contributed by atoms with E-state index in [1.807, 2.05) is 6.07 Å². The van der Waals surface area contributed by atoms with E-state index >= 15 is 0 Å². The molecule has 0 unspecified atom stereocenters. The van der Waals surface area contributed by atoms with E-state index in [1.165, 1.54) is 6.20 Å². The third-order valence-corrected chi connectivity index (χ3v) is 4.73. The average molecular weight is 366 g/mol. The average Bonchev–Trinajstić information content (AvgIpc) is 2.81. The molecular formula is C13H11FN6O4S. The molecular weight excluding hydrogens is 355 g/mol. The molecule has 0 bridgehead atoms. The summed E-state index contributed by atoms with van der Waals surface area (Å²) in [5.74, 6) is -2.59. The van der Waals surface area contributed by atoms with Crippen molar-refractivity contribution in [2.45, 2.75) is 6.42 Å². The number of rotatable bonds is 4. The van der Waals surface area contributed by atoms with Gasteiger partial charge >= 0.3 is 10.2 Å². The molecule has 3 N–H and O–H groups in total. The third-order valence-electron chi connectivity index (χ3n) is 3.36. The van der Waals surface area contributed by atoms with Gasteiger partial charge in [-0.15, -0.1) is 0 Å². The molecule has 1 fully saturated rings. The number of phenolic OH excluding ortho intramolecular Hbond substituents is 1. The topological polar surface area (TPSA) is 148 Å². The molecule has 0 spiro atoms. The van der Waals surface area contributed by atoms with Gasteiger partial charge in [-0.2, -0.15) is 13.7 Å². The number of amides is 1. The maximum absolute atomic E-state index is 14.8. The van der Waals surface area contributed by atoms with Crippen LogP contribution in [0.25, 0.3) is 10.9 Å². The van der Waals surface area contributed by atoms with Gasteiger partial charge in [-0.25, -0.2) is 23.4 Å². The van der Waals surface area contributed by atoms with Crippen LogP contribution in [0.5, 0.6) is 5.75 Å². The summed E-state index contributed by atoms with van der Waals surface area (Å²) < 4.78 is 40.8. The summed E-state index contributed by atoms with van der Waals surface area (Å²) in [7, 11) is -4.29. The van der Waals surface area contributed by atoms with Gasteiger partial charge < -0.3 is 10.4 Å². The van der Waals surface area contributed by atoms with E-state index in [9.17, 15) is 22.7 Å². The number of nitriles is 1. The van der Waals surface area contributed by atoms with Crippen molar-refractivity contribution in [3.05, 3.63) is 18.1 Å². The van der Waals surface area contributed by atoms with Crippen LogP contribution >= 0.6 is 0 Å². The van der Waals surface area contributed by atoms with E-state index in [1.54, 1.807) is 4.72 Å². The van der Waals surface area contributed by atoms with Gasteiger partial charge in [-0.3, -0.25) is 4.79 Å². The highest BCUT2D eigenvalue weighted by molar-refractivity contribution is 7.92. The van der Waals surface area contributed by atoms with Gasteiger partial charge in [0.2, 0.25) is 5.95 Å². The molecule has 130 valence electrons. The van der Waals surface area contributed by atoms with Crippen LogP contribution in [0.2, 0.25) is 0 Å². The van der Waals surface area contributed by atoms with E-state index in [2.05, 4.69) is 15.3 Å². The number of aromatic hydroxyl groups is 1. The van der Waals surface area contributed by atoms with Crippen molar-refractivity contribution >= 4 is 38.7 Å². The molecule has 0 saturated carbocycles.